The molecule has 1 aliphatic heterocycles. The second-order valence-electron chi connectivity index (χ2n) is 8.70. The minimum atomic E-state index is 0.117. The van der Waals surface area contributed by atoms with E-state index in [4.69, 9.17) is 0 Å². The van der Waals surface area contributed by atoms with Crippen molar-refractivity contribution in [2.24, 2.45) is 17.8 Å². The van der Waals surface area contributed by atoms with Crippen molar-refractivity contribution in [3.8, 4) is 0 Å². The molecule has 1 saturated heterocycles. The number of carbonyl (C=O) groups excluding carboxylic acids is 1. The van der Waals surface area contributed by atoms with Gasteiger partial charge in [0.25, 0.3) is 0 Å². The maximum Gasteiger partial charge on any atom is 0.317 e. The molecule has 0 aromatic carbocycles. The maximum absolute atomic E-state index is 12.9. The molecule has 0 unspecified atom stereocenters. The topological polar surface area (TPSA) is 63.1 Å². The highest BCUT2D eigenvalue weighted by atomic mass is 16.2. The van der Waals surface area contributed by atoms with Crippen LogP contribution in [-0.4, -0.2) is 44.6 Å². The van der Waals surface area contributed by atoms with Crippen LogP contribution in [0.15, 0.2) is 12.4 Å². The van der Waals surface area contributed by atoms with Gasteiger partial charge in [-0.3, -0.25) is 0 Å². The number of hydrogen-bond donors (Lipinski definition) is 1. The summed E-state index contributed by atoms with van der Waals surface area (Å²) in [4.78, 5) is 16.7. The number of piperidine rings is 1. The van der Waals surface area contributed by atoms with E-state index in [1.807, 2.05) is 4.90 Å². The molecule has 1 N–H and O–H groups in total. The van der Waals surface area contributed by atoms with Crippen molar-refractivity contribution in [1.82, 2.24) is 25.2 Å². The number of aromatic nitrogens is 3. The van der Waals surface area contributed by atoms with Crippen LogP contribution in [0.3, 0.4) is 0 Å². The first-order chi connectivity index (χ1) is 11.7. The van der Waals surface area contributed by atoms with Crippen LogP contribution in [-0.2, 0) is 0 Å². The summed E-state index contributed by atoms with van der Waals surface area (Å²) >= 11 is 0. The number of hydrogen-bond acceptors (Lipinski definition) is 3. The van der Waals surface area contributed by atoms with Gasteiger partial charge in [0.05, 0.1) is 18.4 Å². The van der Waals surface area contributed by atoms with E-state index in [1.54, 1.807) is 17.2 Å². The van der Waals surface area contributed by atoms with Gasteiger partial charge in [0, 0.05) is 18.6 Å². The molecular formula is C18H27N5O. The van der Waals surface area contributed by atoms with Crippen molar-refractivity contribution in [3.63, 3.8) is 0 Å². The lowest BCUT2D eigenvalue weighted by molar-refractivity contribution is -0.0162. The van der Waals surface area contributed by atoms with Crippen molar-refractivity contribution in [3.05, 3.63) is 12.4 Å². The minimum Gasteiger partial charge on any atom is -0.333 e. The summed E-state index contributed by atoms with van der Waals surface area (Å²) in [5.41, 5.74) is 0.117. The quantitative estimate of drug-likeness (QED) is 0.907. The van der Waals surface area contributed by atoms with Gasteiger partial charge in [-0.2, -0.15) is 15.0 Å². The van der Waals surface area contributed by atoms with Crippen LogP contribution in [0.5, 0.6) is 0 Å². The van der Waals surface area contributed by atoms with Gasteiger partial charge in [-0.1, -0.05) is 0 Å². The van der Waals surface area contributed by atoms with E-state index >= 15 is 0 Å². The molecule has 1 aromatic heterocycles. The molecule has 4 aliphatic carbocycles. The van der Waals surface area contributed by atoms with Gasteiger partial charge < -0.3 is 10.2 Å². The normalized spacial score (nSPS) is 38.5. The Balaban J connectivity index is 1.21. The van der Waals surface area contributed by atoms with E-state index in [2.05, 4.69) is 15.5 Å². The number of urea groups is 1. The standard InChI is InChI=1S/C18H27N5O/c24-17(22-5-1-16(2-6-22)23-19-3-4-20-23)21-18-10-13-7-14(11-18)9-15(8-13)12-18/h3-4,13-16H,1-2,5-12H2,(H,21,24). The summed E-state index contributed by atoms with van der Waals surface area (Å²) in [5.74, 6) is 2.61. The molecule has 5 aliphatic rings. The Morgan fingerprint density at radius 3 is 2.04 bits per heavy atom. The van der Waals surface area contributed by atoms with E-state index in [9.17, 15) is 4.79 Å². The SMILES string of the molecule is O=C(NC12CC3CC(CC(C3)C1)C2)N1CCC(n2nccn2)CC1. The smallest absolute Gasteiger partial charge is 0.317 e. The molecule has 6 rings (SSSR count). The largest absolute Gasteiger partial charge is 0.333 e. The summed E-state index contributed by atoms with van der Waals surface area (Å²) in [7, 11) is 0. The van der Waals surface area contributed by atoms with Gasteiger partial charge in [0.1, 0.15) is 0 Å². The van der Waals surface area contributed by atoms with Crippen LogP contribution in [0.4, 0.5) is 4.79 Å². The molecule has 0 atom stereocenters. The number of carbonyl (C=O) groups is 1. The van der Waals surface area contributed by atoms with Crippen LogP contribution in [0.1, 0.15) is 57.4 Å². The molecule has 0 spiro atoms. The molecule has 2 heterocycles. The molecular weight excluding hydrogens is 302 g/mol. The molecule has 1 aromatic rings. The Morgan fingerprint density at radius 1 is 0.958 bits per heavy atom. The maximum atomic E-state index is 12.9. The predicted molar refractivity (Wildman–Crippen MR) is 89.3 cm³/mol. The minimum absolute atomic E-state index is 0.117. The summed E-state index contributed by atoms with van der Waals surface area (Å²) in [5, 5.41) is 12.0. The number of nitrogens with one attached hydrogen (secondary N) is 1. The Hall–Kier alpha value is -1.59. The van der Waals surface area contributed by atoms with Gasteiger partial charge in [-0.25, -0.2) is 4.79 Å². The fourth-order valence-corrected chi connectivity index (χ4v) is 6.28. The average molecular weight is 329 g/mol. The number of amides is 2. The zero-order chi connectivity index (χ0) is 16.1. The second kappa shape index (κ2) is 5.46. The highest BCUT2D eigenvalue weighted by Gasteiger charge is 2.51. The lowest BCUT2D eigenvalue weighted by atomic mass is 9.53. The number of likely N-dealkylation sites (tertiary alicyclic amines) is 1. The van der Waals surface area contributed by atoms with Gasteiger partial charge in [-0.15, -0.1) is 0 Å². The zero-order valence-corrected chi connectivity index (χ0v) is 14.2. The number of nitrogens with zero attached hydrogens (tertiary/aromatic N) is 4. The molecule has 5 fully saturated rings. The Labute approximate surface area is 143 Å². The third-order valence-electron chi connectivity index (χ3n) is 6.93. The average Bonchev–Trinajstić information content (AvgIpc) is 3.07. The first-order valence-electron chi connectivity index (χ1n) is 9.62. The highest BCUT2D eigenvalue weighted by Crippen LogP contribution is 2.55. The van der Waals surface area contributed by atoms with Crippen molar-refractivity contribution in [2.75, 3.05) is 13.1 Å². The van der Waals surface area contributed by atoms with E-state index < -0.39 is 0 Å². The molecule has 130 valence electrons. The van der Waals surface area contributed by atoms with Crippen molar-refractivity contribution < 1.29 is 4.79 Å². The van der Waals surface area contributed by atoms with Gasteiger partial charge >= 0.3 is 6.03 Å². The first kappa shape index (κ1) is 14.7. The van der Waals surface area contributed by atoms with Gasteiger partial charge in [0.15, 0.2) is 0 Å². The van der Waals surface area contributed by atoms with Crippen LogP contribution < -0.4 is 5.32 Å². The molecule has 4 bridgehead atoms. The summed E-state index contributed by atoms with van der Waals surface area (Å²) in [6, 6.07) is 0.507. The third-order valence-corrected chi connectivity index (χ3v) is 6.93. The summed E-state index contributed by atoms with van der Waals surface area (Å²) < 4.78 is 0. The molecule has 0 radical (unpaired) electrons. The summed E-state index contributed by atoms with van der Waals surface area (Å²) in [6.45, 7) is 1.62. The van der Waals surface area contributed by atoms with Gasteiger partial charge in [0.2, 0.25) is 0 Å². The highest BCUT2D eigenvalue weighted by molar-refractivity contribution is 5.75. The van der Waals surface area contributed by atoms with E-state index in [0.29, 0.717) is 6.04 Å². The Kier molecular flexibility index (Phi) is 3.35. The number of rotatable bonds is 2. The monoisotopic (exact) mass is 329 g/mol. The Morgan fingerprint density at radius 2 is 1.50 bits per heavy atom. The predicted octanol–water partition coefficient (Wildman–Crippen LogP) is 2.59. The van der Waals surface area contributed by atoms with E-state index in [-0.39, 0.29) is 11.6 Å². The molecule has 2 amide bonds. The van der Waals surface area contributed by atoms with E-state index in [1.165, 1.54) is 38.5 Å². The second-order valence-corrected chi connectivity index (χ2v) is 8.70. The molecule has 6 heteroatoms. The van der Waals surface area contributed by atoms with E-state index in [0.717, 1.165) is 43.7 Å². The molecule has 6 nitrogen and oxygen atoms in total. The molecule has 24 heavy (non-hydrogen) atoms. The van der Waals surface area contributed by atoms with Gasteiger partial charge in [-0.05, 0) is 69.1 Å². The molecule has 4 saturated carbocycles. The van der Waals surface area contributed by atoms with Crippen LogP contribution in [0.25, 0.3) is 0 Å². The first-order valence-corrected chi connectivity index (χ1v) is 9.62. The van der Waals surface area contributed by atoms with Crippen molar-refractivity contribution in [1.29, 1.82) is 0 Å². The van der Waals surface area contributed by atoms with Crippen LogP contribution in [0, 0.1) is 17.8 Å². The zero-order valence-electron chi connectivity index (χ0n) is 14.2. The third kappa shape index (κ3) is 2.50. The lowest BCUT2D eigenvalue weighted by Gasteiger charge is -2.57. The van der Waals surface area contributed by atoms with Crippen molar-refractivity contribution >= 4 is 6.03 Å². The van der Waals surface area contributed by atoms with Crippen LogP contribution in [0.2, 0.25) is 0 Å². The van der Waals surface area contributed by atoms with Crippen LogP contribution >= 0.6 is 0 Å². The Bertz CT molecular complexity index is 570. The van der Waals surface area contributed by atoms with Crippen molar-refractivity contribution in [2.45, 2.75) is 62.9 Å². The summed E-state index contributed by atoms with van der Waals surface area (Å²) in [6.07, 6.45) is 13.3. The lowest BCUT2D eigenvalue weighted by Crippen LogP contribution is -2.62. The fraction of sp³-hybridized carbons (Fsp3) is 0.833. The fourth-order valence-electron chi connectivity index (χ4n) is 6.28.